The van der Waals surface area contributed by atoms with Crippen molar-refractivity contribution in [2.45, 2.75) is 26.3 Å². The van der Waals surface area contributed by atoms with Crippen LogP contribution in [-0.2, 0) is 9.59 Å². The zero-order chi connectivity index (χ0) is 20.4. The van der Waals surface area contributed by atoms with Crippen LogP contribution in [0.5, 0.6) is 5.75 Å². The SMILES string of the molecule is CC(=O)N[C@@H]1C(=O)N(CCCOc2cccc3ccccc23)c2ccc(C)cc21. The van der Waals surface area contributed by atoms with Gasteiger partial charge >= 0.3 is 0 Å². The first-order valence-corrected chi connectivity index (χ1v) is 9.84. The quantitative estimate of drug-likeness (QED) is 0.646. The van der Waals surface area contributed by atoms with Crippen molar-refractivity contribution >= 4 is 28.3 Å². The molecule has 0 spiro atoms. The minimum absolute atomic E-state index is 0.0917. The number of hydrogen-bond donors (Lipinski definition) is 1. The standard InChI is InChI=1S/C24H24N2O3/c1-16-11-12-21-20(15-16)23(25-17(2)27)24(28)26(21)13-6-14-29-22-10-5-8-18-7-3-4-9-19(18)22/h3-5,7-12,15,23H,6,13-14H2,1-2H3,(H,25,27)/t23-/m0/s1. The number of fused-ring (bicyclic) bond motifs is 2. The van der Waals surface area contributed by atoms with E-state index in [1.165, 1.54) is 6.92 Å². The summed E-state index contributed by atoms with van der Waals surface area (Å²) in [5.41, 5.74) is 2.79. The van der Waals surface area contributed by atoms with Gasteiger partial charge in [-0.15, -0.1) is 0 Å². The van der Waals surface area contributed by atoms with Crippen molar-refractivity contribution in [3.63, 3.8) is 0 Å². The predicted molar refractivity (Wildman–Crippen MR) is 114 cm³/mol. The molecule has 29 heavy (non-hydrogen) atoms. The van der Waals surface area contributed by atoms with Gasteiger partial charge in [0.1, 0.15) is 11.8 Å². The first-order valence-electron chi connectivity index (χ1n) is 9.84. The van der Waals surface area contributed by atoms with E-state index in [4.69, 9.17) is 4.74 Å². The molecule has 148 valence electrons. The highest BCUT2D eigenvalue weighted by atomic mass is 16.5. The van der Waals surface area contributed by atoms with E-state index in [1.54, 1.807) is 4.90 Å². The van der Waals surface area contributed by atoms with Gasteiger partial charge in [-0.05, 0) is 30.9 Å². The molecule has 1 aliphatic rings. The van der Waals surface area contributed by atoms with Crippen molar-refractivity contribution in [3.05, 3.63) is 71.8 Å². The molecule has 3 aromatic carbocycles. The monoisotopic (exact) mass is 388 g/mol. The molecular weight excluding hydrogens is 364 g/mol. The molecule has 0 aromatic heterocycles. The molecule has 5 heteroatoms. The Bertz CT molecular complexity index is 1070. The minimum Gasteiger partial charge on any atom is -0.493 e. The second-order valence-electron chi connectivity index (χ2n) is 7.36. The lowest BCUT2D eigenvalue weighted by molar-refractivity contribution is -0.126. The molecule has 0 radical (unpaired) electrons. The fourth-order valence-corrected chi connectivity index (χ4v) is 3.86. The van der Waals surface area contributed by atoms with Crippen LogP contribution in [0.2, 0.25) is 0 Å². The van der Waals surface area contributed by atoms with Crippen LogP contribution in [0.15, 0.2) is 60.7 Å². The summed E-state index contributed by atoms with van der Waals surface area (Å²) in [4.78, 5) is 26.2. The van der Waals surface area contributed by atoms with Crippen molar-refractivity contribution in [2.24, 2.45) is 0 Å². The van der Waals surface area contributed by atoms with Crippen molar-refractivity contribution in [1.29, 1.82) is 0 Å². The van der Waals surface area contributed by atoms with Crippen LogP contribution < -0.4 is 15.0 Å². The number of aryl methyl sites for hydroxylation is 1. The Kier molecular flexibility index (Phi) is 5.21. The Morgan fingerprint density at radius 2 is 1.90 bits per heavy atom. The van der Waals surface area contributed by atoms with E-state index in [2.05, 4.69) is 17.4 Å². The summed E-state index contributed by atoms with van der Waals surface area (Å²) in [5.74, 6) is 0.547. The maximum Gasteiger partial charge on any atom is 0.254 e. The molecule has 1 N–H and O–H groups in total. The summed E-state index contributed by atoms with van der Waals surface area (Å²) in [5, 5.41) is 5.00. The largest absolute Gasteiger partial charge is 0.493 e. The zero-order valence-corrected chi connectivity index (χ0v) is 16.6. The second-order valence-corrected chi connectivity index (χ2v) is 7.36. The fourth-order valence-electron chi connectivity index (χ4n) is 3.86. The van der Waals surface area contributed by atoms with Gasteiger partial charge in [0, 0.05) is 30.1 Å². The van der Waals surface area contributed by atoms with Gasteiger partial charge in [0.15, 0.2) is 0 Å². The van der Waals surface area contributed by atoms with E-state index < -0.39 is 6.04 Å². The maximum absolute atomic E-state index is 12.9. The van der Waals surface area contributed by atoms with Crippen LogP contribution in [-0.4, -0.2) is 25.0 Å². The summed E-state index contributed by atoms with van der Waals surface area (Å²) in [6.07, 6.45) is 0.690. The molecule has 0 bridgehead atoms. The number of hydrogen-bond acceptors (Lipinski definition) is 3. The first kappa shape index (κ1) is 19.0. The Hall–Kier alpha value is -3.34. The third-order valence-corrected chi connectivity index (χ3v) is 5.18. The van der Waals surface area contributed by atoms with Crippen LogP contribution in [0.1, 0.15) is 30.5 Å². The average molecular weight is 388 g/mol. The van der Waals surface area contributed by atoms with Crippen molar-refractivity contribution in [3.8, 4) is 5.75 Å². The van der Waals surface area contributed by atoms with Gasteiger partial charge in [0.05, 0.1) is 6.61 Å². The Morgan fingerprint density at radius 3 is 2.72 bits per heavy atom. The van der Waals surface area contributed by atoms with Gasteiger partial charge in [-0.2, -0.15) is 0 Å². The van der Waals surface area contributed by atoms with Gasteiger partial charge in [0.25, 0.3) is 5.91 Å². The van der Waals surface area contributed by atoms with Gasteiger partial charge in [-0.1, -0.05) is 54.1 Å². The molecule has 0 saturated carbocycles. The van der Waals surface area contributed by atoms with Gasteiger partial charge in [-0.25, -0.2) is 0 Å². The number of rotatable bonds is 6. The molecule has 3 aromatic rings. The molecule has 0 unspecified atom stereocenters. The van der Waals surface area contributed by atoms with Crippen molar-refractivity contribution in [1.82, 2.24) is 5.32 Å². The average Bonchev–Trinajstić information content (AvgIpc) is 2.96. The Labute approximate surface area is 170 Å². The van der Waals surface area contributed by atoms with Crippen LogP contribution in [0.25, 0.3) is 10.8 Å². The van der Waals surface area contributed by atoms with E-state index in [1.807, 2.05) is 55.5 Å². The van der Waals surface area contributed by atoms with E-state index >= 15 is 0 Å². The Morgan fingerprint density at radius 1 is 1.10 bits per heavy atom. The summed E-state index contributed by atoms with van der Waals surface area (Å²) >= 11 is 0. The summed E-state index contributed by atoms with van der Waals surface area (Å²) in [6.45, 7) is 4.46. The fraction of sp³-hybridized carbons (Fsp3) is 0.250. The lowest BCUT2D eigenvalue weighted by atomic mass is 10.1. The summed E-state index contributed by atoms with van der Waals surface area (Å²) in [6, 6.07) is 19.4. The number of nitrogens with one attached hydrogen (secondary N) is 1. The first-order chi connectivity index (χ1) is 14.0. The lowest BCUT2D eigenvalue weighted by Crippen LogP contribution is -2.37. The molecule has 1 heterocycles. The lowest BCUT2D eigenvalue weighted by Gasteiger charge is -2.18. The van der Waals surface area contributed by atoms with E-state index in [0.717, 1.165) is 33.3 Å². The summed E-state index contributed by atoms with van der Waals surface area (Å²) in [7, 11) is 0. The van der Waals surface area contributed by atoms with Crippen LogP contribution in [0.4, 0.5) is 5.69 Å². The number of carbonyl (C=O) groups is 2. The van der Waals surface area contributed by atoms with E-state index in [9.17, 15) is 9.59 Å². The predicted octanol–water partition coefficient (Wildman–Crippen LogP) is 4.14. The number of anilines is 1. The number of amides is 2. The normalized spacial score (nSPS) is 15.4. The Balaban J connectivity index is 1.44. The molecule has 5 nitrogen and oxygen atoms in total. The molecule has 0 fully saturated rings. The highest BCUT2D eigenvalue weighted by Gasteiger charge is 2.37. The van der Waals surface area contributed by atoms with Gasteiger partial charge in [-0.3, -0.25) is 9.59 Å². The van der Waals surface area contributed by atoms with Crippen molar-refractivity contribution in [2.75, 3.05) is 18.1 Å². The number of carbonyl (C=O) groups excluding carboxylic acids is 2. The smallest absolute Gasteiger partial charge is 0.254 e. The maximum atomic E-state index is 12.9. The molecule has 1 aliphatic heterocycles. The molecule has 1 atom stereocenters. The molecular formula is C24H24N2O3. The number of nitrogens with zero attached hydrogens (tertiary/aromatic N) is 1. The molecule has 2 amide bonds. The third-order valence-electron chi connectivity index (χ3n) is 5.18. The van der Waals surface area contributed by atoms with Crippen molar-refractivity contribution < 1.29 is 14.3 Å². The third kappa shape index (κ3) is 3.81. The minimum atomic E-state index is -0.610. The van der Waals surface area contributed by atoms with Crippen LogP contribution >= 0.6 is 0 Å². The van der Waals surface area contributed by atoms with E-state index in [0.29, 0.717) is 19.6 Å². The van der Waals surface area contributed by atoms with Crippen LogP contribution in [0.3, 0.4) is 0 Å². The topological polar surface area (TPSA) is 58.6 Å². The highest BCUT2D eigenvalue weighted by Crippen LogP contribution is 2.36. The highest BCUT2D eigenvalue weighted by molar-refractivity contribution is 6.06. The number of benzene rings is 3. The zero-order valence-electron chi connectivity index (χ0n) is 16.6. The second kappa shape index (κ2) is 7.95. The molecule has 4 rings (SSSR count). The summed E-state index contributed by atoms with van der Waals surface area (Å²) < 4.78 is 6.01. The van der Waals surface area contributed by atoms with Crippen LogP contribution in [0, 0.1) is 6.92 Å². The van der Waals surface area contributed by atoms with Gasteiger partial charge in [0.2, 0.25) is 5.91 Å². The molecule has 0 aliphatic carbocycles. The van der Waals surface area contributed by atoms with Gasteiger partial charge < -0.3 is 15.0 Å². The number of ether oxygens (including phenoxy) is 1. The molecule has 0 saturated heterocycles. The van der Waals surface area contributed by atoms with E-state index in [-0.39, 0.29) is 11.8 Å².